The molecule has 0 spiro atoms. The van der Waals surface area contributed by atoms with Crippen LogP contribution in [0.15, 0.2) is 48.5 Å². The molecule has 0 heterocycles. The second kappa shape index (κ2) is 6.56. The van der Waals surface area contributed by atoms with Crippen LogP contribution < -0.4 is 0 Å². The minimum atomic E-state index is 0.285. The molecule has 0 nitrogen and oxygen atoms in total. The molecule has 0 aromatic heterocycles. The van der Waals surface area contributed by atoms with E-state index in [0.717, 1.165) is 0 Å². The summed E-state index contributed by atoms with van der Waals surface area (Å²) in [6.07, 6.45) is 0. The zero-order chi connectivity index (χ0) is 14.5. The van der Waals surface area contributed by atoms with Crippen molar-refractivity contribution < 1.29 is 0 Å². The van der Waals surface area contributed by atoms with Crippen molar-refractivity contribution >= 4 is 0 Å². The number of hydrogen-bond acceptors (Lipinski definition) is 0. The quantitative estimate of drug-likeness (QED) is 0.574. The van der Waals surface area contributed by atoms with Crippen molar-refractivity contribution in [3.63, 3.8) is 0 Å². The highest BCUT2D eigenvalue weighted by molar-refractivity contribution is 5.26. The van der Waals surface area contributed by atoms with Crippen LogP contribution in [0.5, 0.6) is 0 Å². The van der Waals surface area contributed by atoms with Gasteiger partial charge in [0.2, 0.25) is 0 Å². The zero-order valence-electron chi connectivity index (χ0n) is 13.1. The number of aryl methyl sites for hydroxylation is 3. The highest BCUT2D eigenvalue weighted by Crippen LogP contribution is 2.21. The predicted octanol–water partition coefficient (Wildman–Crippen LogP) is 5.60. The molecule has 0 amide bonds. The number of hydrogen-bond donors (Lipinski definition) is 0. The SMILES string of the molecule is Cc1ccc(C(C)(C)C)cc1.Cc1ccc(C)cc1. The second-order valence-electron chi connectivity index (χ2n) is 6.27. The van der Waals surface area contributed by atoms with Crippen molar-refractivity contribution in [1.82, 2.24) is 0 Å². The van der Waals surface area contributed by atoms with Crippen LogP contribution in [-0.4, -0.2) is 0 Å². The molecule has 2 aromatic rings. The molecule has 0 atom stereocenters. The van der Waals surface area contributed by atoms with Gasteiger partial charge >= 0.3 is 0 Å². The fourth-order valence-electron chi connectivity index (χ4n) is 1.69. The van der Waals surface area contributed by atoms with Gasteiger partial charge < -0.3 is 0 Å². The minimum Gasteiger partial charge on any atom is -0.0591 e. The largest absolute Gasteiger partial charge is 0.0591 e. The lowest BCUT2D eigenvalue weighted by atomic mass is 9.87. The Hall–Kier alpha value is -1.56. The summed E-state index contributed by atoms with van der Waals surface area (Å²) in [4.78, 5) is 0. The van der Waals surface area contributed by atoms with Gasteiger partial charge in [0.15, 0.2) is 0 Å². The Balaban J connectivity index is 0.000000200. The molecule has 19 heavy (non-hydrogen) atoms. The van der Waals surface area contributed by atoms with E-state index in [-0.39, 0.29) is 5.41 Å². The molecule has 0 N–H and O–H groups in total. The van der Waals surface area contributed by atoms with E-state index < -0.39 is 0 Å². The number of benzene rings is 2. The van der Waals surface area contributed by atoms with Gasteiger partial charge in [-0.25, -0.2) is 0 Å². The molecule has 0 bridgehead atoms. The van der Waals surface area contributed by atoms with E-state index in [1.54, 1.807) is 0 Å². The zero-order valence-corrected chi connectivity index (χ0v) is 13.1. The third-order valence-electron chi connectivity index (χ3n) is 3.14. The maximum Gasteiger partial charge on any atom is -0.0132 e. The molecule has 0 saturated heterocycles. The third-order valence-corrected chi connectivity index (χ3v) is 3.14. The Bertz CT molecular complexity index is 460. The van der Waals surface area contributed by atoms with Gasteiger partial charge in [0.05, 0.1) is 0 Å². The summed E-state index contributed by atoms with van der Waals surface area (Å²) < 4.78 is 0. The Kier molecular flexibility index (Phi) is 5.35. The van der Waals surface area contributed by atoms with E-state index in [2.05, 4.69) is 90.1 Å². The van der Waals surface area contributed by atoms with E-state index in [1.807, 2.05) is 0 Å². The van der Waals surface area contributed by atoms with Crippen LogP contribution >= 0.6 is 0 Å². The Morgan fingerprint density at radius 2 is 0.789 bits per heavy atom. The Labute approximate surface area is 118 Å². The van der Waals surface area contributed by atoms with Gasteiger partial charge in [-0.2, -0.15) is 0 Å². The molecule has 0 radical (unpaired) electrons. The molecule has 102 valence electrons. The van der Waals surface area contributed by atoms with Gasteiger partial charge in [-0.3, -0.25) is 0 Å². The maximum atomic E-state index is 2.23. The Morgan fingerprint density at radius 3 is 1.05 bits per heavy atom. The first-order valence-corrected chi connectivity index (χ1v) is 6.89. The van der Waals surface area contributed by atoms with Gasteiger partial charge in [-0.15, -0.1) is 0 Å². The van der Waals surface area contributed by atoms with Crippen molar-refractivity contribution in [3.8, 4) is 0 Å². The monoisotopic (exact) mass is 254 g/mol. The summed E-state index contributed by atoms with van der Waals surface area (Å²) in [6, 6.07) is 17.2. The summed E-state index contributed by atoms with van der Waals surface area (Å²) in [5, 5.41) is 0. The maximum absolute atomic E-state index is 2.23. The molecular weight excluding hydrogens is 228 g/mol. The van der Waals surface area contributed by atoms with Gasteiger partial charge in [0.25, 0.3) is 0 Å². The van der Waals surface area contributed by atoms with Crippen LogP contribution in [-0.2, 0) is 5.41 Å². The fraction of sp³-hybridized carbons (Fsp3) is 0.368. The van der Waals surface area contributed by atoms with Crippen molar-refractivity contribution in [1.29, 1.82) is 0 Å². The van der Waals surface area contributed by atoms with Crippen LogP contribution in [0.1, 0.15) is 43.0 Å². The van der Waals surface area contributed by atoms with E-state index in [1.165, 1.54) is 22.3 Å². The van der Waals surface area contributed by atoms with Gasteiger partial charge in [0.1, 0.15) is 0 Å². The summed E-state index contributed by atoms with van der Waals surface area (Å²) in [5.74, 6) is 0. The lowest BCUT2D eigenvalue weighted by Crippen LogP contribution is -2.10. The van der Waals surface area contributed by atoms with Crippen molar-refractivity contribution in [2.24, 2.45) is 0 Å². The smallest absolute Gasteiger partial charge is 0.0132 e. The van der Waals surface area contributed by atoms with Crippen molar-refractivity contribution in [2.75, 3.05) is 0 Å². The van der Waals surface area contributed by atoms with Crippen LogP contribution in [0.2, 0.25) is 0 Å². The summed E-state index contributed by atoms with van der Waals surface area (Å²) >= 11 is 0. The molecule has 0 aliphatic rings. The molecular formula is C19H26. The number of rotatable bonds is 0. The molecule has 0 saturated carbocycles. The first kappa shape index (κ1) is 15.5. The highest BCUT2D eigenvalue weighted by Gasteiger charge is 2.11. The lowest BCUT2D eigenvalue weighted by molar-refractivity contribution is 0.590. The molecule has 0 unspecified atom stereocenters. The first-order chi connectivity index (χ1) is 8.79. The molecule has 0 fully saturated rings. The topological polar surface area (TPSA) is 0 Å². The second-order valence-corrected chi connectivity index (χ2v) is 6.27. The van der Waals surface area contributed by atoms with Gasteiger partial charge in [-0.05, 0) is 31.7 Å². The highest BCUT2D eigenvalue weighted by atomic mass is 14.2. The van der Waals surface area contributed by atoms with Gasteiger partial charge in [-0.1, -0.05) is 86.0 Å². The van der Waals surface area contributed by atoms with Crippen molar-refractivity contribution in [2.45, 2.75) is 47.0 Å². The predicted molar refractivity (Wildman–Crippen MR) is 85.8 cm³/mol. The van der Waals surface area contributed by atoms with Gasteiger partial charge in [0, 0.05) is 0 Å². The molecule has 2 rings (SSSR count). The average molecular weight is 254 g/mol. The van der Waals surface area contributed by atoms with Crippen LogP contribution in [0, 0.1) is 20.8 Å². The van der Waals surface area contributed by atoms with Crippen LogP contribution in [0.3, 0.4) is 0 Å². The molecule has 2 aromatic carbocycles. The fourth-order valence-corrected chi connectivity index (χ4v) is 1.69. The van der Waals surface area contributed by atoms with E-state index >= 15 is 0 Å². The normalized spacial score (nSPS) is 10.6. The summed E-state index contributed by atoms with van der Waals surface area (Å²) in [5.41, 5.74) is 5.68. The lowest BCUT2D eigenvalue weighted by Gasteiger charge is -2.18. The average Bonchev–Trinajstić information content (AvgIpc) is 2.33. The summed E-state index contributed by atoms with van der Waals surface area (Å²) in [6.45, 7) is 13.0. The Morgan fingerprint density at radius 1 is 0.526 bits per heavy atom. The van der Waals surface area contributed by atoms with Crippen LogP contribution in [0.25, 0.3) is 0 Å². The first-order valence-electron chi connectivity index (χ1n) is 6.89. The standard InChI is InChI=1S/C11H16.C8H10/c1-9-5-7-10(8-6-9)11(2,3)4;1-7-3-5-8(2)6-4-7/h5-8H,1-4H3;3-6H,1-2H3. The van der Waals surface area contributed by atoms with E-state index in [0.29, 0.717) is 0 Å². The minimum absolute atomic E-state index is 0.285. The van der Waals surface area contributed by atoms with Crippen molar-refractivity contribution in [3.05, 3.63) is 70.8 Å². The van der Waals surface area contributed by atoms with E-state index in [4.69, 9.17) is 0 Å². The molecule has 0 aliphatic carbocycles. The molecule has 0 heteroatoms. The molecule has 0 aliphatic heterocycles. The van der Waals surface area contributed by atoms with E-state index in [9.17, 15) is 0 Å². The van der Waals surface area contributed by atoms with Crippen LogP contribution in [0.4, 0.5) is 0 Å². The summed E-state index contributed by atoms with van der Waals surface area (Å²) in [7, 11) is 0. The third kappa shape index (κ3) is 5.74.